The van der Waals surface area contributed by atoms with Crippen molar-refractivity contribution in [3.63, 3.8) is 0 Å². The molecule has 7 heteroatoms. The van der Waals surface area contributed by atoms with Gasteiger partial charge in [-0.15, -0.1) is 11.6 Å². The Kier molecular flexibility index (Phi) is 5.55. The monoisotopic (exact) mass is 321 g/mol. The molecule has 2 aromatic rings. The van der Waals surface area contributed by atoms with Crippen molar-refractivity contribution in [3.8, 4) is 11.3 Å². The molecule has 1 unspecified atom stereocenters. The number of carbonyl (C=O) groups excluding carboxylic acids is 1. The van der Waals surface area contributed by atoms with E-state index in [1.54, 1.807) is 30.3 Å². The summed E-state index contributed by atoms with van der Waals surface area (Å²) in [5.74, 6) is 0.265. The fraction of sp³-hybridized carbons (Fsp3) is 0.267. The molecule has 22 heavy (non-hydrogen) atoms. The first-order chi connectivity index (χ1) is 10.6. The fourth-order valence-electron chi connectivity index (χ4n) is 1.75. The molecular formula is C15H16ClN3O3. The van der Waals surface area contributed by atoms with E-state index in [0.29, 0.717) is 17.8 Å². The molecule has 0 bridgehead atoms. The van der Waals surface area contributed by atoms with Crippen molar-refractivity contribution in [2.24, 2.45) is 0 Å². The third-order valence-electron chi connectivity index (χ3n) is 3.01. The predicted octanol–water partition coefficient (Wildman–Crippen LogP) is 3.00. The number of amides is 1. The van der Waals surface area contributed by atoms with Crippen molar-refractivity contribution in [1.29, 1.82) is 0 Å². The molecule has 0 saturated carbocycles. The molecule has 1 heterocycles. The van der Waals surface area contributed by atoms with E-state index in [1.807, 2.05) is 6.92 Å². The molecule has 2 rings (SSSR count). The van der Waals surface area contributed by atoms with Gasteiger partial charge in [-0.05, 0) is 24.6 Å². The highest BCUT2D eigenvalue weighted by molar-refractivity contribution is 6.18. The average Bonchev–Trinajstić information content (AvgIpc) is 2.54. The van der Waals surface area contributed by atoms with Crippen LogP contribution in [-0.2, 0) is 4.74 Å². The third-order valence-corrected chi connectivity index (χ3v) is 3.35. The standard InChI is InChI=1S/C15H16ClN3O3/c1-2-12(9-16)22-15(21)17-11-5-3-10(4-6-11)13-7-8-14(20)19-18-13/h3-8,12H,2,9H2,1H3,(H,17,21)(H,19,20). The van der Waals surface area contributed by atoms with Crippen LogP contribution in [0.25, 0.3) is 11.3 Å². The summed E-state index contributed by atoms with van der Waals surface area (Å²) in [5.41, 5.74) is 1.81. The van der Waals surface area contributed by atoms with E-state index >= 15 is 0 Å². The number of halogens is 1. The molecule has 1 atom stereocenters. The van der Waals surface area contributed by atoms with Crippen LogP contribution in [0.5, 0.6) is 0 Å². The van der Waals surface area contributed by atoms with E-state index < -0.39 is 6.09 Å². The number of aromatic nitrogens is 2. The molecule has 0 radical (unpaired) electrons. The van der Waals surface area contributed by atoms with Gasteiger partial charge in [0.2, 0.25) is 0 Å². The maximum atomic E-state index is 11.7. The van der Waals surface area contributed by atoms with Gasteiger partial charge in [0.05, 0.1) is 11.6 Å². The number of hydrogen-bond acceptors (Lipinski definition) is 4. The minimum atomic E-state index is -0.539. The summed E-state index contributed by atoms with van der Waals surface area (Å²) >= 11 is 5.68. The number of carbonyl (C=O) groups is 1. The zero-order chi connectivity index (χ0) is 15.9. The Morgan fingerprint density at radius 3 is 2.59 bits per heavy atom. The molecule has 1 aromatic heterocycles. The lowest BCUT2D eigenvalue weighted by atomic mass is 10.1. The second kappa shape index (κ2) is 7.61. The number of nitrogens with one attached hydrogen (secondary N) is 2. The summed E-state index contributed by atoms with van der Waals surface area (Å²) in [4.78, 5) is 22.7. The highest BCUT2D eigenvalue weighted by Crippen LogP contribution is 2.18. The summed E-state index contributed by atoms with van der Waals surface area (Å²) in [6.45, 7) is 1.90. The quantitative estimate of drug-likeness (QED) is 0.829. The van der Waals surface area contributed by atoms with Gasteiger partial charge in [0.1, 0.15) is 6.10 Å². The minimum absolute atomic E-state index is 0.255. The molecule has 2 N–H and O–H groups in total. The molecule has 116 valence electrons. The highest BCUT2D eigenvalue weighted by Gasteiger charge is 2.11. The SMILES string of the molecule is CCC(CCl)OC(=O)Nc1ccc(-c2ccc(=O)[nH]n2)cc1. The van der Waals surface area contributed by atoms with Crippen LogP contribution in [0.15, 0.2) is 41.2 Å². The van der Waals surface area contributed by atoms with E-state index in [9.17, 15) is 9.59 Å². The molecule has 6 nitrogen and oxygen atoms in total. The molecular weight excluding hydrogens is 306 g/mol. The largest absolute Gasteiger partial charge is 0.445 e. The lowest BCUT2D eigenvalue weighted by Gasteiger charge is -2.13. The van der Waals surface area contributed by atoms with Crippen molar-refractivity contribution in [3.05, 3.63) is 46.8 Å². The zero-order valence-corrected chi connectivity index (χ0v) is 12.8. The highest BCUT2D eigenvalue weighted by atomic mass is 35.5. The summed E-state index contributed by atoms with van der Waals surface area (Å²) in [7, 11) is 0. The van der Waals surface area contributed by atoms with Crippen molar-refractivity contribution < 1.29 is 9.53 Å². The van der Waals surface area contributed by atoms with Crippen molar-refractivity contribution in [2.45, 2.75) is 19.4 Å². The van der Waals surface area contributed by atoms with E-state index in [2.05, 4.69) is 15.5 Å². The summed E-state index contributed by atoms with van der Waals surface area (Å²) in [6.07, 6.45) is -0.179. The number of aromatic amines is 1. The van der Waals surface area contributed by atoms with E-state index in [1.165, 1.54) is 6.07 Å². The number of ether oxygens (including phenoxy) is 1. The Morgan fingerprint density at radius 2 is 2.05 bits per heavy atom. The molecule has 1 amide bonds. The average molecular weight is 322 g/mol. The van der Waals surface area contributed by atoms with E-state index in [4.69, 9.17) is 16.3 Å². The van der Waals surface area contributed by atoms with Gasteiger partial charge < -0.3 is 4.74 Å². The summed E-state index contributed by atoms with van der Waals surface area (Å²) in [6, 6.07) is 10.1. The van der Waals surface area contributed by atoms with Crippen molar-refractivity contribution in [1.82, 2.24) is 10.2 Å². The maximum absolute atomic E-state index is 11.7. The molecule has 0 spiro atoms. The molecule has 0 aliphatic heterocycles. The first-order valence-corrected chi connectivity index (χ1v) is 7.35. The summed E-state index contributed by atoms with van der Waals surface area (Å²) in [5, 5.41) is 8.94. The lowest BCUT2D eigenvalue weighted by Crippen LogP contribution is -2.23. The normalized spacial score (nSPS) is 11.7. The number of rotatable bonds is 5. The van der Waals surface area contributed by atoms with Gasteiger partial charge >= 0.3 is 6.09 Å². The number of H-pyrrole nitrogens is 1. The van der Waals surface area contributed by atoms with Gasteiger partial charge in [-0.1, -0.05) is 19.1 Å². The van der Waals surface area contributed by atoms with Crippen LogP contribution in [0.1, 0.15) is 13.3 Å². The molecule has 0 aliphatic carbocycles. The van der Waals surface area contributed by atoms with E-state index in [-0.39, 0.29) is 17.5 Å². The molecule has 1 aromatic carbocycles. The van der Waals surface area contributed by atoms with Crippen LogP contribution in [-0.4, -0.2) is 28.3 Å². The number of hydrogen-bond donors (Lipinski definition) is 2. The van der Waals surface area contributed by atoms with Crippen LogP contribution < -0.4 is 10.9 Å². The van der Waals surface area contributed by atoms with Gasteiger partial charge in [-0.2, -0.15) is 5.10 Å². The lowest BCUT2D eigenvalue weighted by molar-refractivity contribution is 0.120. The second-order valence-electron chi connectivity index (χ2n) is 4.60. The Hall–Kier alpha value is -2.34. The first kappa shape index (κ1) is 16.0. The Morgan fingerprint density at radius 1 is 1.32 bits per heavy atom. The van der Waals surface area contributed by atoms with Crippen LogP contribution in [0, 0.1) is 0 Å². The molecule has 0 aliphatic rings. The Bertz CT molecular complexity index is 661. The van der Waals surface area contributed by atoms with Crippen molar-refractivity contribution in [2.75, 3.05) is 11.2 Å². The number of nitrogens with zero attached hydrogens (tertiary/aromatic N) is 1. The number of benzene rings is 1. The van der Waals surface area contributed by atoms with Gasteiger partial charge in [0.25, 0.3) is 5.56 Å². The third kappa shape index (κ3) is 4.33. The van der Waals surface area contributed by atoms with Crippen LogP contribution in [0.3, 0.4) is 0 Å². The minimum Gasteiger partial charge on any atom is -0.445 e. The van der Waals surface area contributed by atoms with Crippen molar-refractivity contribution >= 4 is 23.4 Å². The van der Waals surface area contributed by atoms with Gasteiger partial charge in [-0.3, -0.25) is 10.1 Å². The van der Waals surface area contributed by atoms with E-state index in [0.717, 1.165) is 5.56 Å². The van der Waals surface area contributed by atoms with Crippen LogP contribution >= 0.6 is 11.6 Å². The maximum Gasteiger partial charge on any atom is 0.411 e. The molecule has 0 saturated heterocycles. The zero-order valence-electron chi connectivity index (χ0n) is 12.0. The number of alkyl halides is 1. The van der Waals surface area contributed by atoms with Crippen LogP contribution in [0.4, 0.5) is 10.5 Å². The smallest absolute Gasteiger partial charge is 0.411 e. The van der Waals surface area contributed by atoms with Gasteiger partial charge in [-0.25, -0.2) is 9.89 Å². The van der Waals surface area contributed by atoms with Crippen LogP contribution in [0.2, 0.25) is 0 Å². The fourth-order valence-corrected chi connectivity index (χ4v) is 2.03. The predicted molar refractivity (Wildman–Crippen MR) is 85.2 cm³/mol. The number of anilines is 1. The second-order valence-corrected chi connectivity index (χ2v) is 4.91. The Balaban J connectivity index is 2.01. The molecule has 0 fully saturated rings. The first-order valence-electron chi connectivity index (χ1n) is 6.82. The summed E-state index contributed by atoms with van der Waals surface area (Å²) < 4.78 is 5.15. The van der Waals surface area contributed by atoms with Gasteiger partial charge in [0, 0.05) is 17.3 Å². The topological polar surface area (TPSA) is 84.1 Å². The Labute approximate surface area is 132 Å². The van der Waals surface area contributed by atoms with Gasteiger partial charge in [0.15, 0.2) is 0 Å².